The monoisotopic (exact) mass is 309 g/mol. The second-order valence-electron chi connectivity index (χ2n) is 6.01. The van der Waals surface area contributed by atoms with Gasteiger partial charge in [0.05, 0.1) is 30.3 Å². The number of nitrogens with one attached hydrogen (secondary N) is 1. The molecule has 2 aliphatic heterocycles. The summed E-state index contributed by atoms with van der Waals surface area (Å²) < 4.78 is 5.71. The Labute approximate surface area is 129 Å². The van der Waals surface area contributed by atoms with Gasteiger partial charge < -0.3 is 15.2 Å². The average Bonchev–Trinajstić information content (AvgIpc) is 3.10. The van der Waals surface area contributed by atoms with Gasteiger partial charge in [-0.2, -0.15) is 0 Å². The first-order chi connectivity index (χ1) is 10.0. The molecule has 0 saturated carbocycles. The summed E-state index contributed by atoms with van der Waals surface area (Å²) in [6, 6.07) is 6.67. The standard InChI is InChI=1S/C16H20ClNO3/c1-9(15(19)10-2-4-11(17)5-3-10)18-16(20)13-8-12-6-7-14(13)21-12/h2-5,9,12-15,19H,6-8H2,1H3,(H,18,20). The summed E-state index contributed by atoms with van der Waals surface area (Å²) in [6.45, 7) is 1.81. The predicted molar refractivity (Wildman–Crippen MR) is 80.0 cm³/mol. The van der Waals surface area contributed by atoms with Crippen LogP contribution in [-0.2, 0) is 9.53 Å². The first-order valence-corrected chi connectivity index (χ1v) is 7.82. The van der Waals surface area contributed by atoms with Gasteiger partial charge in [-0.05, 0) is 43.9 Å². The van der Waals surface area contributed by atoms with E-state index in [-0.39, 0.29) is 30.1 Å². The summed E-state index contributed by atoms with van der Waals surface area (Å²) in [5, 5.41) is 13.9. The van der Waals surface area contributed by atoms with Crippen molar-refractivity contribution in [3.05, 3.63) is 34.9 Å². The van der Waals surface area contributed by atoms with Crippen LogP contribution in [0.25, 0.3) is 0 Å². The molecule has 2 fully saturated rings. The van der Waals surface area contributed by atoms with Crippen LogP contribution in [-0.4, -0.2) is 29.3 Å². The number of aliphatic hydroxyl groups excluding tert-OH is 1. The lowest BCUT2D eigenvalue weighted by molar-refractivity contribution is -0.128. The molecule has 5 unspecified atom stereocenters. The maximum atomic E-state index is 12.3. The zero-order valence-electron chi connectivity index (χ0n) is 12.0. The van der Waals surface area contributed by atoms with Crippen molar-refractivity contribution in [1.29, 1.82) is 0 Å². The summed E-state index contributed by atoms with van der Waals surface area (Å²) in [5.41, 5.74) is 0.747. The second-order valence-corrected chi connectivity index (χ2v) is 6.45. The van der Waals surface area contributed by atoms with E-state index in [1.807, 2.05) is 6.92 Å². The number of aliphatic hydroxyl groups is 1. The van der Waals surface area contributed by atoms with Crippen molar-refractivity contribution in [2.45, 2.75) is 50.5 Å². The molecule has 0 aliphatic carbocycles. The minimum absolute atomic E-state index is 0.0114. The number of benzene rings is 1. The molecule has 2 saturated heterocycles. The van der Waals surface area contributed by atoms with Crippen molar-refractivity contribution >= 4 is 17.5 Å². The molecule has 21 heavy (non-hydrogen) atoms. The van der Waals surface area contributed by atoms with Crippen LogP contribution in [0.2, 0.25) is 5.02 Å². The Hall–Kier alpha value is -1.10. The second kappa shape index (κ2) is 5.95. The van der Waals surface area contributed by atoms with Crippen molar-refractivity contribution in [3.63, 3.8) is 0 Å². The van der Waals surface area contributed by atoms with Gasteiger partial charge in [0.25, 0.3) is 0 Å². The highest BCUT2D eigenvalue weighted by molar-refractivity contribution is 6.30. The van der Waals surface area contributed by atoms with E-state index in [1.54, 1.807) is 24.3 Å². The molecule has 4 nitrogen and oxygen atoms in total. The molecule has 114 valence electrons. The molecule has 0 spiro atoms. The minimum Gasteiger partial charge on any atom is -0.386 e. The Morgan fingerprint density at radius 1 is 1.38 bits per heavy atom. The van der Waals surface area contributed by atoms with Gasteiger partial charge in [0.15, 0.2) is 0 Å². The third-order valence-corrected chi connectivity index (χ3v) is 4.75. The Morgan fingerprint density at radius 2 is 2.10 bits per heavy atom. The Morgan fingerprint density at radius 3 is 2.67 bits per heavy atom. The van der Waals surface area contributed by atoms with E-state index in [4.69, 9.17) is 16.3 Å². The molecule has 1 aromatic rings. The molecule has 1 aromatic carbocycles. The number of fused-ring (bicyclic) bond motifs is 2. The van der Waals surface area contributed by atoms with Gasteiger partial charge in [-0.15, -0.1) is 0 Å². The van der Waals surface area contributed by atoms with Gasteiger partial charge in [0, 0.05) is 5.02 Å². The Bertz CT molecular complexity index is 519. The topological polar surface area (TPSA) is 58.6 Å². The van der Waals surface area contributed by atoms with E-state index >= 15 is 0 Å². The van der Waals surface area contributed by atoms with E-state index in [2.05, 4.69) is 5.32 Å². The molecule has 2 aliphatic rings. The number of ether oxygens (including phenoxy) is 1. The highest BCUT2D eigenvalue weighted by atomic mass is 35.5. The summed E-state index contributed by atoms with van der Waals surface area (Å²) in [5.74, 6) is -0.0775. The Kier molecular flexibility index (Phi) is 4.20. The van der Waals surface area contributed by atoms with E-state index < -0.39 is 6.10 Å². The lowest BCUT2D eigenvalue weighted by Crippen LogP contribution is -2.43. The minimum atomic E-state index is -0.745. The molecule has 2 heterocycles. The number of hydrogen-bond acceptors (Lipinski definition) is 3. The summed E-state index contributed by atoms with van der Waals surface area (Å²) >= 11 is 5.84. The van der Waals surface area contributed by atoms with Gasteiger partial charge in [-0.25, -0.2) is 0 Å². The van der Waals surface area contributed by atoms with Crippen LogP contribution in [0.4, 0.5) is 0 Å². The zero-order valence-corrected chi connectivity index (χ0v) is 12.7. The highest BCUT2D eigenvalue weighted by Crippen LogP contribution is 2.38. The third-order valence-electron chi connectivity index (χ3n) is 4.50. The van der Waals surface area contributed by atoms with Crippen LogP contribution in [0.3, 0.4) is 0 Å². The molecule has 5 atom stereocenters. The highest BCUT2D eigenvalue weighted by Gasteiger charge is 2.44. The molecule has 0 aromatic heterocycles. The van der Waals surface area contributed by atoms with Crippen molar-refractivity contribution in [2.75, 3.05) is 0 Å². The number of carbonyl (C=O) groups is 1. The van der Waals surface area contributed by atoms with E-state index in [0.29, 0.717) is 5.02 Å². The first-order valence-electron chi connectivity index (χ1n) is 7.44. The third kappa shape index (κ3) is 3.07. The van der Waals surface area contributed by atoms with Crippen molar-refractivity contribution in [2.24, 2.45) is 5.92 Å². The van der Waals surface area contributed by atoms with E-state index in [9.17, 15) is 9.90 Å². The maximum Gasteiger partial charge on any atom is 0.226 e. The molecule has 2 N–H and O–H groups in total. The van der Waals surface area contributed by atoms with Gasteiger partial charge in [-0.3, -0.25) is 4.79 Å². The van der Waals surface area contributed by atoms with E-state index in [1.165, 1.54) is 0 Å². The smallest absolute Gasteiger partial charge is 0.226 e. The lowest BCUT2D eigenvalue weighted by atomic mass is 9.88. The van der Waals surface area contributed by atoms with Crippen LogP contribution in [0.1, 0.15) is 37.9 Å². The van der Waals surface area contributed by atoms with Crippen LogP contribution in [0.5, 0.6) is 0 Å². The largest absolute Gasteiger partial charge is 0.386 e. The fourth-order valence-corrected chi connectivity index (χ4v) is 3.40. The molecule has 0 radical (unpaired) electrons. The van der Waals surface area contributed by atoms with Gasteiger partial charge in [0.1, 0.15) is 0 Å². The number of amides is 1. The van der Waals surface area contributed by atoms with Gasteiger partial charge in [-0.1, -0.05) is 23.7 Å². The molecule has 3 rings (SSSR count). The summed E-state index contributed by atoms with van der Waals surface area (Å²) in [6.07, 6.45) is 2.41. The van der Waals surface area contributed by atoms with Crippen molar-refractivity contribution < 1.29 is 14.6 Å². The zero-order chi connectivity index (χ0) is 15.0. The van der Waals surface area contributed by atoms with Crippen LogP contribution in [0, 0.1) is 5.92 Å². The normalized spacial score (nSPS) is 30.1. The van der Waals surface area contributed by atoms with Gasteiger partial charge in [0.2, 0.25) is 5.91 Å². The quantitative estimate of drug-likeness (QED) is 0.898. The number of halogens is 1. The van der Waals surface area contributed by atoms with Crippen molar-refractivity contribution in [3.8, 4) is 0 Å². The van der Waals surface area contributed by atoms with Crippen LogP contribution in [0.15, 0.2) is 24.3 Å². The van der Waals surface area contributed by atoms with Crippen molar-refractivity contribution in [1.82, 2.24) is 5.32 Å². The molecule has 1 amide bonds. The number of hydrogen-bond donors (Lipinski definition) is 2. The summed E-state index contributed by atoms with van der Waals surface area (Å²) in [7, 11) is 0. The molecular formula is C16H20ClNO3. The van der Waals surface area contributed by atoms with Gasteiger partial charge >= 0.3 is 0 Å². The SMILES string of the molecule is CC(NC(=O)C1CC2CCC1O2)C(O)c1ccc(Cl)cc1. The van der Waals surface area contributed by atoms with Crippen LogP contribution < -0.4 is 5.32 Å². The fourth-order valence-electron chi connectivity index (χ4n) is 3.27. The summed E-state index contributed by atoms with van der Waals surface area (Å²) in [4.78, 5) is 12.3. The maximum absolute atomic E-state index is 12.3. The molecule has 2 bridgehead atoms. The number of carbonyl (C=O) groups excluding carboxylic acids is 1. The van der Waals surface area contributed by atoms with E-state index in [0.717, 1.165) is 24.8 Å². The molecular weight excluding hydrogens is 290 g/mol. The Balaban J connectivity index is 1.59. The number of rotatable bonds is 4. The fraction of sp³-hybridized carbons (Fsp3) is 0.562. The average molecular weight is 310 g/mol. The predicted octanol–water partition coefficient (Wildman–Crippen LogP) is 2.45. The van der Waals surface area contributed by atoms with Crippen LogP contribution >= 0.6 is 11.6 Å². The first kappa shape index (κ1) is 14.8. The molecule has 5 heteroatoms. The lowest BCUT2D eigenvalue weighted by Gasteiger charge is -2.24.